The molecular weight excluding hydrogens is 468 g/mol. The van der Waals surface area contributed by atoms with Gasteiger partial charge in [-0.05, 0) is 62.7 Å². The van der Waals surface area contributed by atoms with E-state index in [4.69, 9.17) is 19.1 Å². The number of pyridine rings is 1. The lowest BCUT2D eigenvalue weighted by atomic mass is 9.81. The Balaban J connectivity index is 1.35. The van der Waals surface area contributed by atoms with Crippen molar-refractivity contribution in [3.05, 3.63) is 42.0 Å². The number of aromatic nitrogens is 3. The van der Waals surface area contributed by atoms with Gasteiger partial charge in [0, 0.05) is 30.1 Å². The summed E-state index contributed by atoms with van der Waals surface area (Å²) in [5.41, 5.74) is 0.600. The maximum atomic E-state index is 14.0. The summed E-state index contributed by atoms with van der Waals surface area (Å²) < 4.78 is 12.5. The number of fused-ring (bicyclic) bond motifs is 2. The van der Waals surface area contributed by atoms with E-state index in [1.807, 2.05) is 29.3 Å². The van der Waals surface area contributed by atoms with Crippen LogP contribution in [0.3, 0.4) is 0 Å². The average Bonchev–Trinajstić information content (AvgIpc) is 3.43. The SMILES string of the molecule is CC(C)(C)[Si](C)(C)OCc1ncc2c(n1)N(C1CCC(Oc3ccccn3)CC1)C(=O)C21CCCC1. The van der Waals surface area contributed by atoms with Crippen molar-refractivity contribution in [3.63, 3.8) is 0 Å². The predicted octanol–water partition coefficient (Wildman–Crippen LogP) is 5.94. The molecule has 1 spiro atoms. The summed E-state index contributed by atoms with van der Waals surface area (Å²) in [6, 6.07) is 5.89. The second-order valence-corrected chi connectivity index (χ2v) is 17.1. The van der Waals surface area contributed by atoms with Crippen LogP contribution in [-0.2, 0) is 21.2 Å². The highest BCUT2D eigenvalue weighted by Gasteiger charge is 2.55. The number of carbonyl (C=O) groups is 1. The van der Waals surface area contributed by atoms with Crippen LogP contribution in [0.15, 0.2) is 30.6 Å². The third-order valence-corrected chi connectivity index (χ3v) is 13.4. The number of carbonyl (C=O) groups excluding carboxylic acids is 1. The summed E-state index contributed by atoms with van der Waals surface area (Å²) in [6.07, 6.45) is 11.4. The first kappa shape index (κ1) is 25.3. The largest absolute Gasteiger partial charge is 0.474 e. The Morgan fingerprint density at radius 3 is 2.44 bits per heavy atom. The highest BCUT2D eigenvalue weighted by molar-refractivity contribution is 6.74. The molecule has 3 heterocycles. The summed E-state index contributed by atoms with van der Waals surface area (Å²) in [6.45, 7) is 11.6. The van der Waals surface area contributed by atoms with E-state index in [1.54, 1.807) is 6.20 Å². The molecule has 0 bridgehead atoms. The van der Waals surface area contributed by atoms with Gasteiger partial charge in [-0.3, -0.25) is 9.69 Å². The van der Waals surface area contributed by atoms with Crippen LogP contribution in [0.25, 0.3) is 0 Å². The van der Waals surface area contributed by atoms with Crippen LogP contribution >= 0.6 is 0 Å². The molecule has 0 saturated heterocycles. The van der Waals surface area contributed by atoms with E-state index in [9.17, 15) is 4.79 Å². The number of anilines is 1. The summed E-state index contributed by atoms with van der Waals surface area (Å²) >= 11 is 0. The fourth-order valence-corrected chi connectivity index (χ4v) is 6.63. The van der Waals surface area contributed by atoms with E-state index in [-0.39, 0.29) is 23.1 Å². The number of nitrogens with zero attached hydrogens (tertiary/aromatic N) is 4. The molecule has 0 aromatic carbocycles. The van der Waals surface area contributed by atoms with Crippen molar-refractivity contribution < 1.29 is 14.0 Å². The number of rotatable bonds is 6. The van der Waals surface area contributed by atoms with Crippen molar-refractivity contribution in [3.8, 4) is 5.88 Å². The minimum absolute atomic E-state index is 0.121. The lowest BCUT2D eigenvalue weighted by Crippen LogP contribution is -2.46. The van der Waals surface area contributed by atoms with Crippen LogP contribution in [-0.4, -0.2) is 41.3 Å². The fourth-order valence-electron chi connectivity index (χ4n) is 5.71. The molecule has 3 aliphatic rings. The van der Waals surface area contributed by atoms with E-state index in [1.165, 1.54) is 0 Å². The van der Waals surface area contributed by atoms with Crippen LogP contribution in [0.1, 0.15) is 83.5 Å². The number of hydrogen-bond donors (Lipinski definition) is 0. The highest BCUT2D eigenvalue weighted by atomic mass is 28.4. The fraction of sp³-hybridized carbons (Fsp3) is 0.643. The van der Waals surface area contributed by atoms with Gasteiger partial charge in [0.2, 0.25) is 11.8 Å². The zero-order valence-electron chi connectivity index (χ0n) is 22.4. The summed E-state index contributed by atoms with van der Waals surface area (Å²) in [5, 5.41) is 0.121. The van der Waals surface area contributed by atoms with E-state index in [2.05, 4.69) is 38.8 Å². The Kier molecular flexibility index (Phi) is 6.70. The molecule has 0 unspecified atom stereocenters. The van der Waals surface area contributed by atoms with E-state index in [0.717, 1.165) is 62.7 Å². The van der Waals surface area contributed by atoms with Gasteiger partial charge in [0.1, 0.15) is 11.9 Å². The van der Waals surface area contributed by atoms with Crippen molar-refractivity contribution in [2.75, 3.05) is 4.90 Å². The van der Waals surface area contributed by atoms with Crippen molar-refractivity contribution in [1.29, 1.82) is 0 Å². The molecule has 36 heavy (non-hydrogen) atoms. The Labute approximate surface area is 216 Å². The van der Waals surface area contributed by atoms with E-state index >= 15 is 0 Å². The smallest absolute Gasteiger partial charge is 0.239 e. The molecule has 7 nitrogen and oxygen atoms in total. The third-order valence-electron chi connectivity index (χ3n) is 8.95. The van der Waals surface area contributed by atoms with Gasteiger partial charge in [-0.25, -0.2) is 15.0 Å². The first-order valence-corrected chi connectivity index (χ1v) is 16.4. The summed E-state index contributed by atoms with van der Waals surface area (Å²) in [5.74, 6) is 2.42. The highest BCUT2D eigenvalue weighted by Crippen LogP contribution is 2.52. The van der Waals surface area contributed by atoms with Crippen LogP contribution in [0.2, 0.25) is 18.1 Å². The minimum atomic E-state index is -1.93. The second kappa shape index (κ2) is 9.52. The van der Waals surface area contributed by atoms with Crippen molar-refractivity contribution >= 4 is 20.0 Å². The molecular formula is C28H40N4O3Si. The predicted molar refractivity (Wildman–Crippen MR) is 143 cm³/mol. The van der Waals surface area contributed by atoms with Gasteiger partial charge in [-0.2, -0.15) is 0 Å². The number of ether oxygens (including phenoxy) is 1. The lowest BCUT2D eigenvalue weighted by Gasteiger charge is -2.36. The molecule has 2 aliphatic carbocycles. The molecule has 2 aromatic heterocycles. The molecule has 1 amide bonds. The Hall–Kier alpha value is -2.32. The van der Waals surface area contributed by atoms with E-state index < -0.39 is 13.7 Å². The van der Waals surface area contributed by atoms with Gasteiger partial charge >= 0.3 is 0 Å². The third kappa shape index (κ3) is 4.58. The first-order valence-electron chi connectivity index (χ1n) is 13.5. The Morgan fingerprint density at radius 2 is 1.81 bits per heavy atom. The van der Waals surface area contributed by atoms with Crippen LogP contribution in [0.5, 0.6) is 5.88 Å². The maximum absolute atomic E-state index is 14.0. The van der Waals surface area contributed by atoms with Gasteiger partial charge < -0.3 is 9.16 Å². The van der Waals surface area contributed by atoms with Crippen molar-refractivity contribution in [2.24, 2.45) is 0 Å². The van der Waals surface area contributed by atoms with Crippen molar-refractivity contribution in [1.82, 2.24) is 15.0 Å². The quantitative estimate of drug-likeness (QED) is 0.449. The Bertz CT molecular complexity index is 1090. The van der Waals surface area contributed by atoms with Crippen LogP contribution in [0, 0.1) is 0 Å². The number of amides is 1. The van der Waals surface area contributed by atoms with Crippen LogP contribution in [0.4, 0.5) is 5.82 Å². The molecule has 0 N–H and O–H groups in total. The molecule has 2 aromatic rings. The van der Waals surface area contributed by atoms with Crippen LogP contribution < -0.4 is 9.64 Å². The van der Waals surface area contributed by atoms with Gasteiger partial charge in [0.05, 0.1) is 12.0 Å². The molecule has 1 aliphatic heterocycles. The maximum Gasteiger partial charge on any atom is 0.239 e. The van der Waals surface area contributed by atoms with Crippen molar-refractivity contribution in [2.45, 2.75) is 114 Å². The molecule has 2 saturated carbocycles. The summed E-state index contributed by atoms with van der Waals surface area (Å²) in [7, 11) is -1.93. The van der Waals surface area contributed by atoms with Gasteiger partial charge in [0.15, 0.2) is 14.1 Å². The lowest BCUT2D eigenvalue weighted by molar-refractivity contribution is -0.123. The molecule has 194 valence electrons. The van der Waals surface area contributed by atoms with Gasteiger partial charge in [-0.15, -0.1) is 0 Å². The normalized spacial score (nSPS) is 23.8. The summed E-state index contributed by atoms with van der Waals surface area (Å²) in [4.78, 5) is 30.1. The van der Waals surface area contributed by atoms with E-state index in [0.29, 0.717) is 18.3 Å². The zero-order valence-corrected chi connectivity index (χ0v) is 23.4. The number of hydrogen-bond acceptors (Lipinski definition) is 6. The molecule has 0 atom stereocenters. The average molecular weight is 509 g/mol. The molecule has 5 rings (SSSR count). The topological polar surface area (TPSA) is 77.4 Å². The minimum Gasteiger partial charge on any atom is -0.474 e. The van der Waals surface area contributed by atoms with Gasteiger partial charge in [-0.1, -0.05) is 39.7 Å². The standard InChI is InChI=1S/C28H40N4O3Si/c1-27(2,3)36(4,5)34-19-23-30-18-22-25(31-23)32(26(33)28(22)15-7-8-16-28)20-11-13-21(14-12-20)35-24-10-6-9-17-29-24/h6,9-10,17-18,20-21H,7-8,11-16,19H2,1-5H3. The van der Waals surface area contributed by atoms with Gasteiger partial charge in [0.25, 0.3) is 0 Å². The first-order chi connectivity index (χ1) is 17.1. The zero-order chi connectivity index (χ0) is 25.6. The monoisotopic (exact) mass is 508 g/mol. The Morgan fingerprint density at radius 1 is 1.08 bits per heavy atom. The molecule has 0 radical (unpaired) electrons. The second-order valence-electron chi connectivity index (χ2n) is 12.3. The molecule has 8 heteroatoms. The molecule has 2 fully saturated rings.